The molecule has 5 heteroatoms. The van der Waals surface area contributed by atoms with Crippen molar-refractivity contribution in [1.82, 2.24) is 4.90 Å². The molecule has 1 amide bonds. The summed E-state index contributed by atoms with van der Waals surface area (Å²) in [4.78, 5) is 13.8. The van der Waals surface area contributed by atoms with Crippen molar-refractivity contribution < 1.29 is 18.7 Å². The van der Waals surface area contributed by atoms with Crippen molar-refractivity contribution in [2.45, 2.75) is 6.54 Å². The lowest BCUT2D eigenvalue weighted by atomic mass is 10.1. The smallest absolute Gasteiger partial charge is 0.246 e. The molecule has 4 nitrogen and oxygen atoms in total. The van der Waals surface area contributed by atoms with Crippen LogP contribution in [0.2, 0.25) is 0 Å². The Bertz CT molecular complexity index is 726. The Kier molecular flexibility index (Phi) is 5.95. The molecule has 0 saturated carbocycles. The number of likely N-dealkylation sites (N-methyl/N-ethyl adjacent to an activating group) is 1. The minimum atomic E-state index is -0.305. The van der Waals surface area contributed by atoms with Crippen LogP contribution in [0.25, 0.3) is 6.08 Å². The Labute approximate surface area is 141 Å². The van der Waals surface area contributed by atoms with Crippen molar-refractivity contribution in [3.05, 3.63) is 65.5 Å². The highest BCUT2D eigenvalue weighted by molar-refractivity contribution is 5.91. The van der Waals surface area contributed by atoms with Crippen molar-refractivity contribution >= 4 is 12.0 Å². The van der Waals surface area contributed by atoms with E-state index in [1.54, 1.807) is 50.4 Å². The highest BCUT2D eigenvalue weighted by atomic mass is 19.1. The predicted molar refractivity (Wildman–Crippen MR) is 91.5 cm³/mol. The molecule has 0 aliphatic carbocycles. The number of hydrogen-bond donors (Lipinski definition) is 0. The summed E-state index contributed by atoms with van der Waals surface area (Å²) in [5.41, 5.74) is 1.61. The van der Waals surface area contributed by atoms with Gasteiger partial charge in [0.15, 0.2) is 11.5 Å². The van der Waals surface area contributed by atoms with E-state index in [0.29, 0.717) is 18.0 Å². The van der Waals surface area contributed by atoms with Gasteiger partial charge in [-0.1, -0.05) is 24.3 Å². The van der Waals surface area contributed by atoms with E-state index >= 15 is 0 Å². The second kappa shape index (κ2) is 8.15. The molecule has 0 aliphatic heterocycles. The summed E-state index contributed by atoms with van der Waals surface area (Å²) in [5.74, 6) is 0.768. The number of amides is 1. The number of carbonyl (C=O) groups excluding carboxylic acids is 1. The molecular formula is C19H20FNO3. The summed E-state index contributed by atoms with van der Waals surface area (Å²) in [6.45, 7) is 0.382. The van der Waals surface area contributed by atoms with Crippen LogP contribution in [0.4, 0.5) is 4.39 Å². The maximum absolute atomic E-state index is 12.9. The molecule has 24 heavy (non-hydrogen) atoms. The third kappa shape index (κ3) is 4.35. The molecule has 0 radical (unpaired) electrons. The highest BCUT2D eigenvalue weighted by Crippen LogP contribution is 2.31. The van der Waals surface area contributed by atoms with Gasteiger partial charge in [-0.05, 0) is 29.8 Å². The van der Waals surface area contributed by atoms with Crippen molar-refractivity contribution in [2.24, 2.45) is 0 Å². The fourth-order valence-corrected chi connectivity index (χ4v) is 2.28. The predicted octanol–water partition coefficient (Wildman–Crippen LogP) is 3.51. The van der Waals surface area contributed by atoms with Gasteiger partial charge in [0, 0.05) is 25.2 Å². The van der Waals surface area contributed by atoms with Gasteiger partial charge in [0.1, 0.15) is 5.82 Å². The fraction of sp³-hybridized carbons (Fsp3) is 0.211. The first-order valence-corrected chi connectivity index (χ1v) is 7.43. The van der Waals surface area contributed by atoms with Gasteiger partial charge in [0.05, 0.1) is 14.2 Å². The molecular weight excluding hydrogens is 309 g/mol. The average Bonchev–Trinajstić information content (AvgIpc) is 2.60. The number of benzene rings is 2. The lowest BCUT2D eigenvalue weighted by Gasteiger charge is -2.18. The standard InChI is InChI=1S/C19H20FNO3/c1-21(13-15-5-4-6-17(23-2)19(15)24-3)18(22)12-9-14-7-10-16(20)11-8-14/h4-12H,13H2,1-3H3/b12-9+. The molecule has 126 valence electrons. The summed E-state index contributed by atoms with van der Waals surface area (Å²) < 4.78 is 23.5. The zero-order valence-corrected chi connectivity index (χ0v) is 14.0. The van der Waals surface area contributed by atoms with Gasteiger partial charge >= 0.3 is 0 Å². The highest BCUT2D eigenvalue weighted by Gasteiger charge is 2.13. The molecule has 0 fully saturated rings. The number of hydrogen-bond acceptors (Lipinski definition) is 3. The van der Waals surface area contributed by atoms with Crippen LogP contribution in [0.3, 0.4) is 0 Å². The van der Waals surface area contributed by atoms with E-state index in [2.05, 4.69) is 0 Å². The molecule has 0 atom stereocenters. The largest absolute Gasteiger partial charge is 0.493 e. The van der Waals surface area contributed by atoms with Gasteiger partial charge in [-0.25, -0.2) is 4.39 Å². The summed E-state index contributed by atoms with van der Waals surface area (Å²) in [6.07, 6.45) is 3.11. The van der Waals surface area contributed by atoms with Gasteiger partial charge in [0.2, 0.25) is 5.91 Å². The second-order valence-corrected chi connectivity index (χ2v) is 5.23. The maximum atomic E-state index is 12.9. The van der Waals surface area contributed by atoms with Crippen LogP contribution in [0, 0.1) is 5.82 Å². The van der Waals surface area contributed by atoms with Gasteiger partial charge < -0.3 is 14.4 Å². The lowest BCUT2D eigenvalue weighted by molar-refractivity contribution is -0.125. The fourth-order valence-electron chi connectivity index (χ4n) is 2.28. The van der Waals surface area contributed by atoms with Crippen molar-refractivity contribution in [3.8, 4) is 11.5 Å². The first-order chi connectivity index (χ1) is 11.5. The molecule has 0 saturated heterocycles. The zero-order chi connectivity index (χ0) is 17.5. The average molecular weight is 329 g/mol. The first kappa shape index (κ1) is 17.5. The number of rotatable bonds is 6. The van der Waals surface area contributed by atoms with Crippen LogP contribution < -0.4 is 9.47 Å². The van der Waals surface area contributed by atoms with Crippen molar-refractivity contribution in [3.63, 3.8) is 0 Å². The van der Waals surface area contributed by atoms with Crippen LogP contribution in [0.15, 0.2) is 48.5 Å². The van der Waals surface area contributed by atoms with Crippen LogP contribution in [-0.2, 0) is 11.3 Å². The molecule has 0 aliphatic rings. The minimum absolute atomic E-state index is 0.163. The van der Waals surface area contributed by atoms with E-state index in [-0.39, 0.29) is 11.7 Å². The van der Waals surface area contributed by atoms with Crippen molar-refractivity contribution in [2.75, 3.05) is 21.3 Å². The summed E-state index contributed by atoms with van der Waals surface area (Å²) >= 11 is 0. The van der Waals surface area contributed by atoms with Crippen LogP contribution in [-0.4, -0.2) is 32.1 Å². The molecule has 2 rings (SSSR count). The van der Waals surface area contributed by atoms with Crippen LogP contribution in [0.1, 0.15) is 11.1 Å². The number of para-hydroxylation sites is 1. The quantitative estimate of drug-likeness (QED) is 0.761. The summed E-state index contributed by atoms with van der Waals surface area (Å²) in [5, 5.41) is 0. The summed E-state index contributed by atoms with van der Waals surface area (Å²) in [7, 11) is 4.84. The molecule has 0 N–H and O–H groups in total. The Balaban J connectivity index is 2.08. The maximum Gasteiger partial charge on any atom is 0.246 e. The van der Waals surface area contributed by atoms with E-state index in [1.165, 1.54) is 18.2 Å². The topological polar surface area (TPSA) is 38.8 Å². The lowest BCUT2D eigenvalue weighted by Crippen LogP contribution is -2.24. The van der Waals surface area contributed by atoms with E-state index in [0.717, 1.165) is 11.1 Å². The third-order valence-corrected chi connectivity index (χ3v) is 3.56. The Morgan fingerprint density at radius 2 is 1.83 bits per heavy atom. The Morgan fingerprint density at radius 3 is 2.46 bits per heavy atom. The molecule has 0 unspecified atom stereocenters. The molecule has 0 spiro atoms. The second-order valence-electron chi connectivity index (χ2n) is 5.23. The van der Waals surface area contributed by atoms with Crippen LogP contribution >= 0.6 is 0 Å². The Hall–Kier alpha value is -2.82. The normalized spacial score (nSPS) is 10.7. The zero-order valence-electron chi connectivity index (χ0n) is 14.0. The summed E-state index contributed by atoms with van der Waals surface area (Å²) in [6, 6.07) is 11.5. The van der Waals surface area contributed by atoms with E-state index in [4.69, 9.17) is 9.47 Å². The molecule has 0 heterocycles. The van der Waals surface area contributed by atoms with Crippen LogP contribution in [0.5, 0.6) is 11.5 Å². The number of carbonyl (C=O) groups is 1. The van der Waals surface area contributed by atoms with Gasteiger partial charge in [-0.2, -0.15) is 0 Å². The van der Waals surface area contributed by atoms with E-state index in [1.807, 2.05) is 12.1 Å². The van der Waals surface area contributed by atoms with Gasteiger partial charge in [-0.15, -0.1) is 0 Å². The van der Waals surface area contributed by atoms with E-state index < -0.39 is 0 Å². The molecule has 2 aromatic rings. The monoisotopic (exact) mass is 329 g/mol. The Morgan fingerprint density at radius 1 is 1.12 bits per heavy atom. The SMILES string of the molecule is COc1cccc(CN(C)C(=O)/C=C/c2ccc(F)cc2)c1OC. The first-order valence-electron chi connectivity index (χ1n) is 7.43. The number of methoxy groups -OCH3 is 2. The molecule has 0 aromatic heterocycles. The third-order valence-electron chi connectivity index (χ3n) is 3.56. The molecule has 0 bridgehead atoms. The number of ether oxygens (including phenoxy) is 2. The van der Waals surface area contributed by atoms with E-state index in [9.17, 15) is 9.18 Å². The number of halogens is 1. The minimum Gasteiger partial charge on any atom is -0.493 e. The number of nitrogens with zero attached hydrogens (tertiary/aromatic N) is 1. The molecule has 2 aromatic carbocycles. The van der Waals surface area contributed by atoms with Crippen molar-refractivity contribution in [1.29, 1.82) is 0 Å². The van der Waals surface area contributed by atoms with Gasteiger partial charge in [-0.3, -0.25) is 4.79 Å². The van der Waals surface area contributed by atoms with Gasteiger partial charge in [0.25, 0.3) is 0 Å².